The lowest BCUT2D eigenvalue weighted by molar-refractivity contribution is 0.1000. The molecule has 2 aromatic rings. The number of primary amides is 1. The molecule has 2 rings (SSSR count). The molecule has 0 atom stereocenters. The van der Waals surface area contributed by atoms with Crippen LogP contribution in [0.3, 0.4) is 0 Å². The van der Waals surface area contributed by atoms with Crippen LogP contribution < -0.4 is 11.1 Å². The monoisotopic (exact) mass is 356 g/mol. The fraction of sp³-hybridized carbons (Fsp3) is 0.0714. The van der Waals surface area contributed by atoms with E-state index in [9.17, 15) is 9.18 Å². The molecule has 0 aliphatic rings. The third-order valence-corrected chi connectivity index (χ3v) is 3.97. The molecule has 6 heteroatoms. The Morgan fingerprint density at radius 1 is 1.30 bits per heavy atom. The highest BCUT2D eigenvalue weighted by Crippen LogP contribution is 2.25. The van der Waals surface area contributed by atoms with Crippen LogP contribution in [0, 0.1) is 5.82 Å². The fourth-order valence-electron chi connectivity index (χ4n) is 1.65. The van der Waals surface area contributed by atoms with Crippen LogP contribution in [-0.2, 0) is 6.54 Å². The first-order valence-electron chi connectivity index (χ1n) is 5.74. The zero-order chi connectivity index (χ0) is 14.7. The third-order valence-electron chi connectivity index (χ3n) is 2.74. The van der Waals surface area contributed by atoms with Crippen LogP contribution in [-0.4, -0.2) is 5.91 Å². The van der Waals surface area contributed by atoms with Crippen LogP contribution in [0.15, 0.2) is 40.9 Å². The van der Waals surface area contributed by atoms with Gasteiger partial charge in [0, 0.05) is 27.8 Å². The van der Waals surface area contributed by atoms with Crippen molar-refractivity contribution < 1.29 is 9.18 Å². The molecular formula is C14H11BrClFN2O. The smallest absolute Gasteiger partial charge is 0.248 e. The second-order valence-corrected chi connectivity index (χ2v) is 5.41. The SMILES string of the molecule is NC(=O)c1ccc(CNc2ccc(Br)c(Cl)c2)c(F)c1. The molecule has 3 N–H and O–H groups in total. The van der Waals surface area contributed by atoms with Gasteiger partial charge in [-0.15, -0.1) is 0 Å². The Balaban J connectivity index is 2.10. The third kappa shape index (κ3) is 3.49. The van der Waals surface area contributed by atoms with Gasteiger partial charge in [-0.3, -0.25) is 4.79 Å². The van der Waals surface area contributed by atoms with Crippen molar-refractivity contribution in [3.05, 3.63) is 62.8 Å². The molecule has 20 heavy (non-hydrogen) atoms. The van der Waals surface area contributed by atoms with Crippen molar-refractivity contribution in [2.75, 3.05) is 5.32 Å². The zero-order valence-corrected chi connectivity index (χ0v) is 12.6. The van der Waals surface area contributed by atoms with Gasteiger partial charge < -0.3 is 11.1 Å². The van der Waals surface area contributed by atoms with Gasteiger partial charge >= 0.3 is 0 Å². The summed E-state index contributed by atoms with van der Waals surface area (Å²) in [5.41, 5.74) is 6.45. The number of amides is 1. The predicted molar refractivity (Wildman–Crippen MR) is 81.4 cm³/mol. The molecule has 0 radical (unpaired) electrons. The van der Waals surface area contributed by atoms with Crippen molar-refractivity contribution in [2.45, 2.75) is 6.54 Å². The number of hydrogen-bond donors (Lipinski definition) is 2. The molecular weight excluding hydrogens is 347 g/mol. The van der Waals surface area contributed by atoms with Gasteiger partial charge in [0.25, 0.3) is 0 Å². The maximum Gasteiger partial charge on any atom is 0.248 e. The fourth-order valence-corrected chi connectivity index (χ4v) is 2.07. The van der Waals surface area contributed by atoms with Crippen LogP contribution >= 0.6 is 27.5 Å². The molecule has 0 bridgehead atoms. The molecule has 0 unspecified atom stereocenters. The highest BCUT2D eigenvalue weighted by atomic mass is 79.9. The van der Waals surface area contributed by atoms with Gasteiger partial charge in [0.2, 0.25) is 5.91 Å². The van der Waals surface area contributed by atoms with E-state index >= 15 is 0 Å². The minimum Gasteiger partial charge on any atom is -0.381 e. The van der Waals surface area contributed by atoms with E-state index in [2.05, 4.69) is 21.2 Å². The minimum atomic E-state index is -0.650. The van der Waals surface area contributed by atoms with Crippen molar-refractivity contribution >= 4 is 39.1 Å². The predicted octanol–water partition coefficient (Wildman–Crippen LogP) is 3.95. The average molecular weight is 358 g/mol. The number of nitrogens with one attached hydrogen (secondary N) is 1. The molecule has 2 aromatic carbocycles. The molecule has 1 amide bonds. The molecule has 0 aromatic heterocycles. The number of rotatable bonds is 4. The molecule has 0 saturated heterocycles. The van der Waals surface area contributed by atoms with Crippen LogP contribution in [0.4, 0.5) is 10.1 Å². The highest BCUT2D eigenvalue weighted by Gasteiger charge is 2.07. The van der Waals surface area contributed by atoms with E-state index in [1.165, 1.54) is 12.1 Å². The van der Waals surface area contributed by atoms with Gasteiger partial charge in [0.1, 0.15) is 5.82 Å². The Morgan fingerprint density at radius 3 is 2.65 bits per heavy atom. The lowest BCUT2D eigenvalue weighted by Crippen LogP contribution is -2.12. The zero-order valence-electron chi connectivity index (χ0n) is 10.3. The summed E-state index contributed by atoms with van der Waals surface area (Å²) in [6, 6.07) is 9.53. The Morgan fingerprint density at radius 2 is 2.05 bits per heavy atom. The van der Waals surface area contributed by atoms with Crippen molar-refractivity contribution in [3.8, 4) is 0 Å². The van der Waals surface area contributed by atoms with Crippen LogP contribution in [0.2, 0.25) is 5.02 Å². The molecule has 0 saturated carbocycles. The van der Waals surface area contributed by atoms with E-state index in [-0.39, 0.29) is 12.1 Å². The standard InChI is InChI=1S/C14H11BrClFN2O/c15-11-4-3-10(6-12(11)16)19-7-9-2-1-8(14(18)20)5-13(9)17/h1-6,19H,7H2,(H2,18,20). The van der Waals surface area contributed by atoms with Crippen molar-refractivity contribution in [3.63, 3.8) is 0 Å². The Bertz CT molecular complexity index is 664. The van der Waals surface area contributed by atoms with E-state index in [0.29, 0.717) is 10.6 Å². The molecule has 0 aliphatic heterocycles. The van der Waals surface area contributed by atoms with Crippen LogP contribution in [0.25, 0.3) is 0 Å². The first kappa shape index (κ1) is 14.8. The lowest BCUT2D eigenvalue weighted by atomic mass is 10.1. The van der Waals surface area contributed by atoms with Crippen LogP contribution in [0.5, 0.6) is 0 Å². The van der Waals surface area contributed by atoms with Crippen molar-refractivity contribution in [2.24, 2.45) is 5.73 Å². The van der Waals surface area contributed by atoms with Gasteiger partial charge in [-0.2, -0.15) is 0 Å². The van der Waals surface area contributed by atoms with E-state index < -0.39 is 11.7 Å². The molecule has 0 aliphatic carbocycles. The quantitative estimate of drug-likeness (QED) is 0.870. The summed E-state index contributed by atoms with van der Waals surface area (Å²) < 4.78 is 14.6. The summed E-state index contributed by atoms with van der Waals surface area (Å²) in [5, 5.41) is 3.63. The lowest BCUT2D eigenvalue weighted by Gasteiger charge is -2.09. The van der Waals surface area contributed by atoms with Gasteiger partial charge in [-0.25, -0.2) is 4.39 Å². The number of carbonyl (C=O) groups is 1. The van der Waals surface area contributed by atoms with Gasteiger partial charge in [-0.05, 0) is 46.3 Å². The summed E-state index contributed by atoms with van der Waals surface area (Å²) >= 11 is 9.27. The largest absolute Gasteiger partial charge is 0.381 e. The molecule has 104 valence electrons. The second kappa shape index (κ2) is 6.24. The number of carbonyl (C=O) groups excluding carboxylic acids is 1. The highest BCUT2D eigenvalue weighted by molar-refractivity contribution is 9.10. The topological polar surface area (TPSA) is 55.1 Å². The summed E-state index contributed by atoms with van der Waals surface area (Å²) in [7, 11) is 0. The number of hydrogen-bond acceptors (Lipinski definition) is 2. The Kier molecular flexibility index (Phi) is 4.62. The maximum atomic E-state index is 13.8. The van der Waals surface area contributed by atoms with Crippen molar-refractivity contribution in [1.29, 1.82) is 0 Å². The van der Waals surface area contributed by atoms with Gasteiger partial charge in [0.05, 0.1) is 5.02 Å². The minimum absolute atomic E-state index is 0.151. The number of benzene rings is 2. The summed E-state index contributed by atoms with van der Waals surface area (Å²) in [5.74, 6) is -1.12. The normalized spacial score (nSPS) is 10.3. The van der Waals surface area contributed by atoms with Gasteiger partial charge in [-0.1, -0.05) is 17.7 Å². The molecule has 3 nitrogen and oxygen atoms in total. The Hall–Kier alpha value is -1.59. The molecule has 0 spiro atoms. The number of nitrogens with two attached hydrogens (primary N) is 1. The molecule has 0 heterocycles. The molecule has 0 fully saturated rings. The average Bonchev–Trinajstić information content (AvgIpc) is 2.41. The summed E-state index contributed by atoms with van der Waals surface area (Å²) in [4.78, 5) is 10.9. The van der Waals surface area contributed by atoms with Crippen molar-refractivity contribution in [1.82, 2.24) is 0 Å². The van der Waals surface area contributed by atoms with Crippen LogP contribution in [0.1, 0.15) is 15.9 Å². The second-order valence-electron chi connectivity index (χ2n) is 4.15. The van der Waals surface area contributed by atoms with E-state index in [4.69, 9.17) is 17.3 Å². The van der Waals surface area contributed by atoms with Gasteiger partial charge in [0.15, 0.2) is 0 Å². The first-order chi connectivity index (χ1) is 9.47. The number of halogens is 3. The first-order valence-corrected chi connectivity index (χ1v) is 6.91. The van der Waals surface area contributed by atoms with E-state index in [0.717, 1.165) is 16.2 Å². The number of anilines is 1. The Labute approximate surface area is 129 Å². The summed E-state index contributed by atoms with van der Waals surface area (Å²) in [6.07, 6.45) is 0. The maximum absolute atomic E-state index is 13.8. The van der Waals surface area contributed by atoms with E-state index in [1.807, 2.05) is 6.07 Å². The summed E-state index contributed by atoms with van der Waals surface area (Å²) in [6.45, 7) is 0.281. The van der Waals surface area contributed by atoms with E-state index in [1.54, 1.807) is 12.1 Å².